The third-order valence-corrected chi connectivity index (χ3v) is 13.6. The Bertz CT molecular complexity index is 759. The molecule has 8 N–H and O–H groups in total. The molecule has 9 aliphatic rings. The Kier molecular flexibility index (Phi) is 11.5. The molecule has 16 unspecified atom stereocenters. The molecule has 265 valence electrons. The van der Waals surface area contributed by atoms with E-state index < -0.39 is 0 Å². The number of hydrogen-bond donors (Lipinski definition) is 8. The molecule has 9 heteroatoms. The zero-order valence-corrected chi connectivity index (χ0v) is 29.6. The van der Waals surface area contributed by atoms with Crippen LogP contribution in [0.2, 0.25) is 0 Å². The van der Waals surface area contributed by atoms with Crippen molar-refractivity contribution >= 4 is 0 Å². The van der Waals surface area contributed by atoms with Gasteiger partial charge in [-0.05, 0) is 80.0 Å². The largest absolute Gasteiger partial charge is 0.341 e. The Balaban J connectivity index is 0.000000617. The summed E-state index contributed by atoms with van der Waals surface area (Å²) >= 11 is 0. The summed E-state index contributed by atoms with van der Waals surface area (Å²) in [5.41, 5.74) is 0. The third-order valence-electron chi connectivity index (χ3n) is 13.6. The Hall–Kier alpha value is 0.914. The SMILES string of the molecule is [CH-]1CCCC2C3NC(NC4NC(NC5NC(NC6NC(N3)C3CCCCC63)C3CCCCC53)C3CCCCC43)C12.[CH2-]C(C)C.[Lu]. The van der Waals surface area contributed by atoms with E-state index in [2.05, 4.69) is 69.7 Å². The maximum atomic E-state index is 4.25. The molecular formula is C36H64LuN8-2. The Labute approximate surface area is 303 Å². The van der Waals surface area contributed by atoms with E-state index in [9.17, 15) is 0 Å². The van der Waals surface area contributed by atoms with Gasteiger partial charge in [0.25, 0.3) is 0 Å². The standard InChI is InChI=1S/C32H55N8.C4H9.Lu/c1-2-10-18-17(9-1)25-33-26(18)38-28-21-13-5-6-14-22(21)30(35-28)40-32-24-16-8-7-15-23(24)31(36-32)39-29-20-12-4-3-11-19(20)27(34-29)37-25;1-4(2)3;/h9,17-40H,1-8,10-16H2;4H,1H2,2-3H3;/q2*-1;. The van der Waals surface area contributed by atoms with Crippen LogP contribution in [0.3, 0.4) is 0 Å². The van der Waals surface area contributed by atoms with Crippen molar-refractivity contribution in [1.29, 1.82) is 0 Å². The average Bonchev–Trinajstić information content (AvgIpc) is 3.76. The molecule has 1 radical (unpaired) electrons. The van der Waals surface area contributed by atoms with E-state index >= 15 is 0 Å². The molecule has 5 saturated heterocycles. The van der Waals surface area contributed by atoms with Crippen LogP contribution in [0.4, 0.5) is 0 Å². The van der Waals surface area contributed by atoms with E-state index in [0.717, 1.165) is 35.5 Å². The van der Waals surface area contributed by atoms with Crippen LogP contribution >= 0.6 is 0 Å². The fourth-order valence-electron chi connectivity index (χ4n) is 11.7. The van der Waals surface area contributed by atoms with Crippen molar-refractivity contribution < 1.29 is 36.9 Å². The summed E-state index contributed by atoms with van der Waals surface area (Å²) in [4.78, 5) is 0. The van der Waals surface area contributed by atoms with Crippen molar-refractivity contribution in [3.63, 3.8) is 0 Å². The smallest absolute Gasteiger partial charge is 0.0628 e. The molecule has 16 atom stereocenters. The number of fused-ring (bicyclic) bond motifs is 20. The molecule has 5 heterocycles. The van der Waals surface area contributed by atoms with Crippen LogP contribution in [0, 0.1) is 103 Å². The molecule has 0 amide bonds. The fraction of sp³-hybridized carbons (Fsp3) is 0.944. The maximum absolute atomic E-state index is 4.25. The number of hydrogen-bond acceptors (Lipinski definition) is 8. The predicted octanol–water partition coefficient (Wildman–Crippen LogP) is 3.90. The van der Waals surface area contributed by atoms with Gasteiger partial charge in [0.2, 0.25) is 0 Å². The molecule has 8 nitrogen and oxygen atoms in total. The van der Waals surface area contributed by atoms with E-state index in [4.69, 9.17) is 0 Å². The molecule has 9 rings (SSSR count). The Morgan fingerprint density at radius 1 is 0.422 bits per heavy atom. The zero-order valence-electron chi connectivity index (χ0n) is 28.0. The normalized spacial score (nSPS) is 52.0. The van der Waals surface area contributed by atoms with Gasteiger partial charge in [-0.3, -0.25) is 42.5 Å². The van der Waals surface area contributed by atoms with Gasteiger partial charge in [-0.25, -0.2) is 0 Å². The van der Waals surface area contributed by atoms with Gasteiger partial charge in [0.15, 0.2) is 0 Å². The van der Waals surface area contributed by atoms with Gasteiger partial charge in [-0.15, -0.1) is 5.92 Å². The first kappa shape index (κ1) is 34.4. The third kappa shape index (κ3) is 6.97. The van der Waals surface area contributed by atoms with Crippen molar-refractivity contribution in [1.82, 2.24) is 42.5 Å². The zero-order chi connectivity index (χ0) is 29.8. The summed E-state index contributed by atoms with van der Waals surface area (Å²) in [5.74, 6) is 6.32. The van der Waals surface area contributed by atoms with Crippen LogP contribution in [0.1, 0.15) is 110 Å². The van der Waals surface area contributed by atoms with Crippen LogP contribution in [0.5, 0.6) is 0 Å². The second-order valence-electron chi connectivity index (χ2n) is 16.8. The summed E-state index contributed by atoms with van der Waals surface area (Å²) in [7, 11) is 0. The molecule has 0 aromatic rings. The van der Waals surface area contributed by atoms with Crippen molar-refractivity contribution in [2.24, 2.45) is 53.3 Å². The molecule has 5 aliphatic heterocycles. The van der Waals surface area contributed by atoms with Crippen LogP contribution in [0.15, 0.2) is 0 Å². The molecule has 45 heavy (non-hydrogen) atoms. The minimum absolute atomic E-state index is 0. The molecule has 0 spiro atoms. The van der Waals surface area contributed by atoms with Gasteiger partial charge in [0.1, 0.15) is 0 Å². The first-order valence-electron chi connectivity index (χ1n) is 19.3. The minimum atomic E-state index is 0. The van der Waals surface area contributed by atoms with E-state index in [1.165, 1.54) is 96.3 Å². The van der Waals surface area contributed by atoms with E-state index in [1.807, 2.05) is 0 Å². The summed E-state index contributed by atoms with van der Waals surface area (Å²) in [6.45, 7) is 7.75. The van der Waals surface area contributed by atoms with E-state index in [1.54, 1.807) is 0 Å². The van der Waals surface area contributed by atoms with Crippen molar-refractivity contribution in [2.45, 2.75) is 159 Å². The first-order chi connectivity index (χ1) is 21.5. The molecule has 9 fully saturated rings. The summed E-state index contributed by atoms with van der Waals surface area (Å²) < 4.78 is 0. The molecule has 0 aromatic heterocycles. The van der Waals surface area contributed by atoms with Gasteiger partial charge >= 0.3 is 0 Å². The molecule has 0 aromatic carbocycles. The Morgan fingerprint density at radius 3 is 0.978 bits per heavy atom. The number of rotatable bonds is 0. The van der Waals surface area contributed by atoms with Gasteiger partial charge < -0.3 is 13.3 Å². The molecule has 8 bridgehead atoms. The maximum Gasteiger partial charge on any atom is 0.0628 e. The first-order valence-corrected chi connectivity index (χ1v) is 19.3. The topological polar surface area (TPSA) is 96.2 Å². The average molecular weight is 784 g/mol. The fourth-order valence-corrected chi connectivity index (χ4v) is 11.7. The Morgan fingerprint density at radius 2 is 0.667 bits per heavy atom. The van der Waals surface area contributed by atoms with Gasteiger partial charge in [0.05, 0.1) is 43.2 Å². The van der Waals surface area contributed by atoms with E-state index in [0.29, 0.717) is 67.1 Å². The predicted molar refractivity (Wildman–Crippen MR) is 177 cm³/mol. The van der Waals surface area contributed by atoms with Crippen LogP contribution in [0.25, 0.3) is 0 Å². The number of nitrogens with one attached hydrogen (secondary N) is 8. The second kappa shape index (κ2) is 15.0. The molecule has 4 saturated carbocycles. The quantitative estimate of drug-likeness (QED) is 0.176. The molecule has 4 aliphatic carbocycles. The van der Waals surface area contributed by atoms with Crippen LogP contribution in [-0.4, -0.2) is 49.3 Å². The summed E-state index contributed by atoms with van der Waals surface area (Å²) in [6.07, 6.45) is 26.4. The van der Waals surface area contributed by atoms with Gasteiger partial charge in [-0.2, -0.15) is 12.3 Å². The monoisotopic (exact) mass is 783 g/mol. The van der Waals surface area contributed by atoms with Crippen molar-refractivity contribution in [3.05, 3.63) is 13.3 Å². The van der Waals surface area contributed by atoms with Crippen LogP contribution < -0.4 is 42.5 Å². The second-order valence-corrected chi connectivity index (χ2v) is 16.8. The molecular weight excluding hydrogens is 719 g/mol. The van der Waals surface area contributed by atoms with Crippen molar-refractivity contribution in [3.8, 4) is 0 Å². The minimum Gasteiger partial charge on any atom is -0.341 e. The van der Waals surface area contributed by atoms with Crippen molar-refractivity contribution in [2.75, 3.05) is 0 Å². The van der Waals surface area contributed by atoms with E-state index in [-0.39, 0.29) is 36.9 Å². The van der Waals surface area contributed by atoms with Gasteiger partial charge in [0, 0.05) is 43.0 Å². The summed E-state index contributed by atoms with van der Waals surface area (Å²) in [5, 5.41) is 33.7. The summed E-state index contributed by atoms with van der Waals surface area (Å²) in [6, 6.07) is 0. The van der Waals surface area contributed by atoms with Gasteiger partial charge in [-0.1, -0.05) is 65.2 Å². The van der Waals surface area contributed by atoms with Crippen LogP contribution in [-0.2, 0) is 0 Å².